The third-order valence-electron chi connectivity index (χ3n) is 3.39. The number of rotatable bonds is 12. The first-order valence-corrected chi connectivity index (χ1v) is 8.88. The molecule has 0 atom stereocenters. The highest BCUT2D eigenvalue weighted by Crippen LogP contribution is 2.26. The number of guanidine groups is 1. The van der Waals surface area contributed by atoms with Crippen LogP contribution in [0, 0.1) is 0 Å². The molecule has 6 nitrogen and oxygen atoms in total. The molecule has 1 aromatic rings. The van der Waals surface area contributed by atoms with Crippen LogP contribution in [-0.2, 0) is 16.0 Å². The first-order chi connectivity index (χ1) is 13.0. The van der Waals surface area contributed by atoms with Gasteiger partial charge in [0.15, 0.2) is 5.96 Å². The molecule has 2 N–H and O–H groups in total. The van der Waals surface area contributed by atoms with E-state index in [1.54, 1.807) is 19.2 Å². The molecule has 1 aromatic carbocycles. The lowest BCUT2D eigenvalue weighted by molar-refractivity contribution is -0.274. The van der Waals surface area contributed by atoms with Crippen molar-refractivity contribution in [2.75, 3.05) is 40.0 Å². The molecule has 0 saturated heterocycles. The molecule has 0 radical (unpaired) electrons. The molecule has 0 bridgehead atoms. The Morgan fingerprint density at radius 2 is 1.82 bits per heavy atom. The van der Waals surface area contributed by atoms with Gasteiger partial charge in [-0.15, -0.1) is 37.1 Å². The quantitative estimate of drug-likeness (QED) is 0.191. The van der Waals surface area contributed by atoms with Gasteiger partial charge in [0.05, 0.1) is 19.8 Å². The summed E-state index contributed by atoms with van der Waals surface area (Å²) in [6.45, 7) is 5.12. The van der Waals surface area contributed by atoms with E-state index in [9.17, 15) is 13.2 Å². The van der Waals surface area contributed by atoms with Crippen molar-refractivity contribution >= 4 is 29.9 Å². The van der Waals surface area contributed by atoms with Crippen LogP contribution in [0.25, 0.3) is 0 Å². The zero-order valence-corrected chi connectivity index (χ0v) is 18.5. The van der Waals surface area contributed by atoms with Crippen LogP contribution in [-0.4, -0.2) is 52.3 Å². The second-order valence-corrected chi connectivity index (χ2v) is 5.59. The van der Waals surface area contributed by atoms with Crippen LogP contribution in [0.3, 0.4) is 0 Å². The number of benzene rings is 1. The number of hydrogen-bond acceptors (Lipinski definition) is 4. The molecule has 162 valence electrons. The zero-order valence-electron chi connectivity index (χ0n) is 16.2. The lowest BCUT2D eigenvalue weighted by Crippen LogP contribution is -2.37. The van der Waals surface area contributed by atoms with Gasteiger partial charge in [-0.2, -0.15) is 0 Å². The van der Waals surface area contributed by atoms with Gasteiger partial charge in [-0.3, -0.25) is 0 Å². The fraction of sp³-hybridized carbons (Fsp3) is 0.611. The van der Waals surface area contributed by atoms with Crippen molar-refractivity contribution in [1.29, 1.82) is 0 Å². The molecule has 0 aromatic heterocycles. The predicted octanol–water partition coefficient (Wildman–Crippen LogP) is 3.70. The average Bonchev–Trinajstić information content (AvgIpc) is 2.61. The van der Waals surface area contributed by atoms with Gasteiger partial charge >= 0.3 is 6.36 Å². The van der Waals surface area contributed by atoms with Gasteiger partial charge in [0.1, 0.15) is 5.75 Å². The minimum Gasteiger partial charge on any atom is -0.405 e. The normalized spacial score (nSPS) is 11.7. The van der Waals surface area contributed by atoms with Gasteiger partial charge < -0.3 is 24.8 Å². The summed E-state index contributed by atoms with van der Waals surface area (Å²) >= 11 is 0. The van der Waals surface area contributed by atoms with Crippen molar-refractivity contribution in [2.45, 2.75) is 32.7 Å². The molecule has 10 heteroatoms. The van der Waals surface area contributed by atoms with Crippen LogP contribution in [0.5, 0.6) is 5.75 Å². The second-order valence-electron chi connectivity index (χ2n) is 5.59. The van der Waals surface area contributed by atoms with E-state index in [-0.39, 0.29) is 36.3 Å². The Morgan fingerprint density at radius 1 is 1.07 bits per heavy atom. The fourth-order valence-corrected chi connectivity index (χ4v) is 2.14. The largest absolute Gasteiger partial charge is 0.573 e. The molecule has 0 aliphatic heterocycles. The lowest BCUT2D eigenvalue weighted by atomic mass is 10.2. The molecule has 0 aliphatic rings. The number of hydrogen-bond donors (Lipinski definition) is 2. The SMILES string of the molecule is CCNC(=NCc1ccccc1OC(F)(F)F)NCCCCOCCOC.I. The van der Waals surface area contributed by atoms with E-state index in [1.165, 1.54) is 12.1 Å². The molecular weight excluding hydrogens is 490 g/mol. The predicted molar refractivity (Wildman–Crippen MR) is 113 cm³/mol. The molecule has 0 fully saturated rings. The van der Waals surface area contributed by atoms with E-state index in [1.807, 2.05) is 6.92 Å². The lowest BCUT2D eigenvalue weighted by Gasteiger charge is -2.14. The van der Waals surface area contributed by atoms with E-state index < -0.39 is 6.36 Å². The molecule has 0 amide bonds. The highest BCUT2D eigenvalue weighted by Gasteiger charge is 2.31. The molecule has 1 rings (SSSR count). The minimum absolute atomic E-state index is 0. The van der Waals surface area contributed by atoms with E-state index >= 15 is 0 Å². The summed E-state index contributed by atoms with van der Waals surface area (Å²) in [5, 5.41) is 6.22. The number of methoxy groups -OCH3 is 1. The van der Waals surface area contributed by atoms with E-state index in [0.717, 1.165) is 12.8 Å². The third kappa shape index (κ3) is 13.0. The number of para-hydroxylation sites is 1. The molecule has 0 saturated carbocycles. The Balaban J connectivity index is 0.00000729. The van der Waals surface area contributed by atoms with Crippen molar-refractivity contribution in [2.24, 2.45) is 4.99 Å². The molecule has 0 spiro atoms. The summed E-state index contributed by atoms with van der Waals surface area (Å²) in [6.07, 6.45) is -2.96. The fourth-order valence-electron chi connectivity index (χ4n) is 2.14. The van der Waals surface area contributed by atoms with Crippen molar-refractivity contribution in [1.82, 2.24) is 10.6 Å². The zero-order chi connectivity index (χ0) is 20.0. The number of nitrogens with one attached hydrogen (secondary N) is 2. The van der Waals surface area contributed by atoms with Crippen LogP contribution < -0.4 is 15.4 Å². The van der Waals surface area contributed by atoms with Crippen LogP contribution in [0.4, 0.5) is 13.2 Å². The van der Waals surface area contributed by atoms with Crippen molar-refractivity contribution in [3.63, 3.8) is 0 Å². The van der Waals surface area contributed by atoms with Crippen LogP contribution in [0.15, 0.2) is 29.3 Å². The van der Waals surface area contributed by atoms with Crippen LogP contribution in [0.1, 0.15) is 25.3 Å². The second kappa shape index (κ2) is 15.6. The van der Waals surface area contributed by atoms with Crippen molar-refractivity contribution in [3.8, 4) is 5.75 Å². The highest BCUT2D eigenvalue weighted by atomic mass is 127. The summed E-state index contributed by atoms with van der Waals surface area (Å²) in [4.78, 5) is 4.33. The summed E-state index contributed by atoms with van der Waals surface area (Å²) in [6, 6.07) is 5.98. The maximum atomic E-state index is 12.5. The van der Waals surface area contributed by atoms with E-state index in [0.29, 0.717) is 44.4 Å². The number of nitrogens with zero attached hydrogens (tertiary/aromatic N) is 1. The van der Waals surface area contributed by atoms with E-state index in [2.05, 4.69) is 20.4 Å². The first kappa shape index (κ1) is 26.7. The number of aliphatic imine (C=N–C) groups is 1. The molecule has 0 heterocycles. The third-order valence-corrected chi connectivity index (χ3v) is 3.39. The maximum absolute atomic E-state index is 12.5. The standard InChI is InChI=1S/C18H28F3N3O3.HI/c1-3-22-17(23-10-6-7-11-26-13-12-25-2)24-14-15-8-4-5-9-16(15)27-18(19,20)21;/h4-5,8-9H,3,6-7,10-14H2,1-2H3,(H2,22,23,24);1H. The number of ether oxygens (including phenoxy) is 3. The Hall–Kier alpha value is -1.27. The number of halogens is 4. The van der Waals surface area contributed by atoms with E-state index in [4.69, 9.17) is 9.47 Å². The molecular formula is C18H29F3IN3O3. The smallest absolute Gasteiger partial charge is 0.405 e. The molecule has 28 heavy (non-hydrogen) atoms. The van der Waals surface area contributed by atoms with Crippen molar-refractivity contribution < 1.29 is 27.4 Å². The number of alkyl halides is 3. The Morgan fingerprint density at radius 3 is 2.50 bits per heavy atom. The van der Waals surface area contributed by atoms with Crippen LogP contribution in [0.2, 0.25) is 0 Å². The Bertz CT molecular complexity index is 560. The average molecular weight is 519 g/mol. The first-order valence-electron chi connectivity index (χ1n) is 8.88. The topological polar surface area (TPSA) is 64.1 Å². The van der Waals surface area contributed by atoms with Crippen LogP contribution >= 0.6 is 24.0 Å². The molecule has 0 aliphatic carbocycles. The van der Waals surface area contributed by atoms with Crippen molar-refractivity contribution in [3.05, 3.63) is 29.8 Å². The Labute approximate surface area is 181 Å². The summed E-state index contributed by atoms with van der Waals surface area (Å²) in [5.41, 5.74) is 0.360. The van der Waals surface area contributed by atoms with Gasteiger partial charge in [0.25, 0.3) is 0 Å². The summed E-state index contributed by atoms with van der Waals surface area (Å²) < 4.78 is 51.8. The highest BCUT2D eigenvalue weighted by molar-refractivity contribution is 14.0. The Kier molecular flexibility index (Phi) is 14.9. The van der Waals surface area contributed by atoms with Gasteiger partial charge in [0, 0.05) is 32.4 Å². The maximum Gasteiger partial charge on any atom is 0.573 e. The van der Waals surface area contributed by atoms with Gasteiger partial charge in [-0.05, 0) is 25.8 Å². The summed E-state index contributed by atoms with van der Waals surface area (Å²) in [7, 11) is 1.63. The van der Waals surface area contributed by atoms with Gasteiger partial charge in [-0.1, -0.05) is 18.2 Å². The van der Waals surface area contributed by atoms with Gasteiger partial charge in [-0.25, -0.2) is 4.99 Å². The monoisotopic (exact) mass is 519 g/mol. The minimum atomic E-state index is -4.73. The summed E-state index contributed by atoms with van der Waals surface area (Å²) in [5.74, 6) is 0.303. The van der Waals surface area contributed by atoms with Gasteiger partial charge in [0.2, 0.25) is 0 Å². The number of unbranched alkanes of at least 4 members (excludes halogenated alkanes) is 1. The molecule has 0 unspecified atom stereocenters.